The number of rotatable bonds is 2. The van der Waals surface area contributed by atoms with Gasteiger partial charge in [-0.25, -0.2) is 9.97 Å². The standard InChI is InChI=1S/C13H20N4/c1-4-13(17(2)3)16-11-5-6-12-10(7-11)8-14-9-15-12/h8-9,11H,4-7H2,1-3H3. The van der Waals surface area contributed by atoms with E-state index >= 15 is 0 Å². The van der Waals surface area contributed by atoms with Crippen LogP contribution in [0.4, 0.5) is 0 Å². The molecule has 0 radical (unpaired) electrons. The summed E-state index contributed by atoms with van der Waals surface area (Å²) in [5.74, 6) is 1.18. The van der Waals surface area contributed by atoms with Gasteiger partial charge in [0.25, 0.3) is 0 Å². The van der Waals surface area contributed by atoms with Crippen LogP contribution in [-0.4, -0.2) is 40.8 Å². The van der Waals surface area contributed by atoms with Crippen LogP contribution < -0.4 is 0 Å². The lowest BCUT2D eigenvalue weighted by Crippen LogP contribution is -2.26. The van der Waals surface area contributed by atoms with E-state index in [0.29, 0.717) is 6.04 Å². The van der Waals surface area contributed by atoms with E-state index in [1.807, 2.05) is 6.20 Å². The Labute approximate surface area is 103 Å². The van der Waals surface area contributed by atoms with Crippen LogP contribution in [0, 0.1) is 0 Å². The highest BCUT2D eigenvalue weighted by Crippen LogP contribution is 2.21. The average molecular weight is 232 g/mol. The summed E-state index contributed by atoms with van der Waals surface area (Å²) < 4.78 is 0. The number of aliphatic imine (C=N–C) groups is 1. The van der Waals surface area contributed by atoms with Crippen molar-refractivity contribution in [3.8, 4) is 0 Å². The van der Waals surface area contributed by atoms with Crippen molar-refractivity contribution < 1.29 is 0 Å². The molecule has 1 atom stereocenters. The first-order chi connectivity index (χ1) is 8.20. The second-order valence-corrected chi connectivity index (χ2v) is 4.68. The highest BCUT2D eigenvalue weighted by Gasteiger charge is 2.19. The monoisotopic (exact) mass is 232 g/mol. The Morgan fingerprint density at radius 2 is 2.35 bits per heavy atom. The van der Waals surface area contributed by atoms with Crippen molar-refractivity contribution in [1.29, 1.82) is 0 Å². The predicted molar refractivity (Wildman–Crippen MR) is 69.3 cm³/mol. The van der Waals surface area contributed by atoms with Gasteiger partial charge in [0, 0.05) is 32.4 Å². The van der Waals surface area contributed by atoms with Gasteiger partial charge in [0.2, 0.25) is 0 Å². The molecule has 1 aliphatic carbocycles. The molecule has 0 saturated carbocycles. The Bertz CT molecular complexity index is 412. The van der Waals surface area contributed by atoms with E-state index in [4.69, 9.17) is 4.99 Å². The highest BCUT2D eigenvalue weighted by molar-refractivity contribution is 5.81. The first-order valence-corrected chi connectivity index (χ1v) is 6.22. The molecule has 0 N–H and O–H groups in total. The molecule has 1 aromatic rings. The maximum absolute atomic E-state index is 4.84. The Balaban J connectivity index is 2.12. The lowest BCUT2D eigenvalue weighted by molar-refractivity contribution is 0.538. The summed E-state index contributed by atoms with van der Waals surface area (Å²) >= 11 is 0. The summed E-state index contributed by atoms with van der Waals surface area (Å²) in [7, 11) is 4.12. The van der Waals surface area contributed by atoms with Crippen molar-refractivity contribution in [3.05, 3.63) is 23.8 Å². The summed E-state index contributed by atoms with van der Waals surface area (Å²) in [6.07, 6.45) is 7.66. The normalized spacial score (nSPS) is 19.9. The van der Waals surface area contributed by atoms with E-state index < -0.39 is 0 Å². The minimum Gasteiger partial charge on any atom is -0.366 e. The molecule has 0 aliphatic heterocycles. The molecular weight excluding hydrogens is 212 g/mol. The fraction of sp³-hybridized carbons (Fsp3) is 0.615. The van der Waals surface area contributed by atoms with E-state index in [1.165, 1.54) is 17.1 Å². The SMILES string of the molecule is CCC(=NC1CCc2ncncc2C1)N(C)C. The molecule has 0 bridgehead atoms. The van der Waals surface area contributed by atoms with Crippen LogP contribution in [0.25, 0.3) is 0 Å². The van der Waals surface area contributed by atoms with Crippen molar-refractivity contribution in [2.24, 2.45) is 4.99 Å². The van der Waals surface area contributed by atoms with Gasteiger partial charge >= 0.3 is 0 Å². The zero-order valence-electron chi connectivity index (χ0n) is 10.8. The van der Waals surface area contributed by atoms with Gasteiger partial charge in [0.1, 0.15) is 6.33 Å². The molecule has 17 heavy (non-hydrogen) atoms. The van der Waals surface area contributed by atoms with Gasteiger partial charge in [-0.15, -0.1) is 0 Å². The molecule has 0 aromatic carbocycles. The smallest absolute Gasteiger partial charge is 0.115 e. The van der Waals surface area contributed by atoms with Crippen molar-refractivity contribution in [3.63, 3.8) is 0 Å². The average Bonchev–Trinajstić information content (AvgIpc) is 2.35. The first-order valence-electron chi connectivity index (χ1n) is 6.22. The third kappa shape index (κ3) is 2.81. The Morgan fingerprint density at radius 1 is 1.53 bits per heavy atom. The lowest BCUT2D eigenvalue weighted by atomic mass is 9.93. The summed E-state index contributed by atoms with van der Waals surface area (Å²) in [5, 5.41) is 0. The fourth-order valence-corrected chi connectivity index (χ4v) is 2.28. The molecule has 4 heteroatoms. The maximum Gasteiger partial charge on any atom is 0.115 e. The molecule has 0 saturated heterocycles. The zero-order chi connectivity index (χ0) is 12.3. The maximum atomic E-state index is 4.84. The van der Waals surface area contributed by atoms with Crippen LogP contribution in [0.2, 0.25) is 0 Å². The Morgan fingerprint density at radius 3 is 3.06 bits per heavy atom. The summed E-state index contributed by atoms with van der Waals surface area (Å²) in [6.45, 7) is 2.15. The molecular formula is C13H20N4. The van der Waals surface area contributed by atoms with Crippen molar-refractivity contribution in [2.75, 3.05) is 14.1 Å². The van der Waals surface area contributed by atoms with Gasteiger partial charge in [-0.05, 0) is 24.8 Å². The number of amidine groups is 1. The van der Waals surface area contributed by atoms with Gasteiger partial charge in [-0.2, -0.15) is 0 Å². The quantitative estimate of drug-likeness (QED) is 0.575. The minimum absolute atomic E-state index is 0.394. The predicted octanol–water partition coefficient (Wildman–Crippen LogP) is 1.70. The van der Waals surface area contributed by atoms with Crippen LogP contribution >= 0.6 is 0 Å². The molecule has 2 rings (SSSR count). The molecule has 92 valence electrons. The molecule has 1 aromatic heterocycles. The Hall–Kier alpha value is -1.45. The lowest BCUT2D eigenvalue weighted by Gasteiger charge is -2.23. The van der Waals surface area contributed by atoms with E-state index in [9.17, 15) is 0 Å². The number of aryl methyl sites for hydroxylation is 1. The second-order valence-electron chi connectivity index (χ2n) is 4.68. The van der Waals surface area contributed by atoms with Gasteiger partial charge in [-0.1, -0.05) is 6.92 Å². The van der Waals surface area contributed by atoms with Crippen LogP contribution in [0.1, 0.15) is 31.0 Å². The van der Waals surface area contributed by atoms with Gasteiger partial charge in [0.15, 0.2) is 0 Å². The van der Waals surface area contributed by atoms with Crippen molar-refractivity contribution >= 4 is 5.84 Å². The number of hydrogen-bond donors (Lipinski definition) is 0. The number of aromatic nitrogens is 2. The van der Waals surface area contributed by atoms with Crippen LogP contribution in [0.15, 0.2) is 17.5 Å². The molecule has 4 nitrogen and oxygen atoms in total. The number of nitrogens with zero attached hydrogens (tertiary/aromatic N) is 4. The zero-order valence-corrected chi connectivity index (χ0v) is 10.8. The third-order valence-corrected chi connectivity index (χ3v) is 3.22. The molecule has 0 spiro atoms. The molecule has 1 heterocycles. The topological polar surface area (TPSA) is 41.4 Å². The van der Waals surface area contributed by atoms with Gasteiger partial charge < -0.3 is 4.90 Å². The molecule has 0 fully saturated rings. The van der Waals surface area contributed by atoms with Crippen LogP contribution in [-0.2, 0) is 12.8 Å². The molecule has 1 unspecified atom stereocenters. The summed E-state index contributed by atoms with van der Waals surface area (Å²) in [6, 6.07) is 0.394. The second kappa shape index (κ2) is 5.25. The first kappa shape index (κ1) is 12.0. The van der Waals surface area contributed by atoms with Gasteiger partial charge in [0.05, 0.1) is 11.9 Å². The van der Waals surface area contributed by atoms with Crippen molar-refractivity contribution in [2.45, 2.75) is 38.6 Å². The Kier molecular flexibility index (Phi) is 3.71. The van der Waals surface area contributed by atoms with Crippen LogP contribution in [0.5, 0.6) is 0 Å². The number of hydrogen-bond acceptors (Lipinski definition) is 3. The van der Waals surface area contributed by atoms with E-state index in [0.717, 1.165) is 25.7 Å². The fourth-order valence-electron chi connectivity index (χ4n) is 2.28. The minimum atomic E-state index is 0.394. The van der Waals surface area contributed by atoms with Crippen molar-refractivity contribution in [1.82, 2.24) is 14.9 Å². The highest BCUT2D eigenvalue weighted by atomic mass is 15.1. The van der Waals surface area contributed by atoms with E-state index in [1.54, 1.807) is 6.33 Å². The van der Waals surface area contributed by atoms with Gasteiger partial charge in [-0.3, -0.25) is 4.99 Å². The van der Waals surface area contributed by atoms with E-state index in [2.05, 4.69) is 35.9 Å². The molecule has 1 aliphatic rings. The number of fused-ring (bicyclic) bond motifs is 1. The van der Waals surface area contributed by atoms with E-state index in [-0.39, 0.29) is 0 Å². The summed E-state index contributed by atoms with van der Waals surface area (Å²) in [5.41, 5.74) is 2.47. The summed E-state index contributed by atoms with van der Waals surface area (Å²) in [4.78, 5) is 15.4. The van der Waals surface area contributed by atoms with Crippen LogP contribution in [0.3, 0.4) is 0 Å². The molecule has 0 amide bonds. The largest absolute Gasteiger partial charge is 0.366 e. The third-order valence-electron chi connectivity index (χ3n) is 3.22.